The minimum Gasteiger partial charge on any atom is -0.481 e. The maximum Gasteiger partial charge on any atom is 0.312 e. The molecule has 5 saturated carbocycles. The molecule has 0 radical (unpaired) electrons. The van der Waals surface area contributed by atoms with Crippen molar-refractivity contribution in [1.82, 2.24) is 30.6 Å². The Hall–Kier alpha value is -3.38. The Balaban J connectivity index is 1.16. The van der Waals surface area contributed by atoms with Crippen molar-refractivity contribution in [2.45, 2.75) is 179 Å². The van der Waals surface area contributed by atoms with E-state index < -0.39 is 135 Å². The first-order valence-electron chi connectivity index (χ1n) is 28.6. The number of aromatic nitrogens is 4. The first kappa shape index (κ1) is 56.9. The van der Waals surface area contributed by atoms with Crippen molar-refractivity contribution in [2.75, 3.05) is 33.4 Å². The maximum atomic E-state index is 15.1. The summed E-state index contributed by atoms with van der Waals surface area (Å²) in [7, 11) is 1.80. The number of aliphatic carboxylic acids is 1. The number of rotatable bonds is 16. The van der Waals surface area contributed by atoms with Gasteiger partial charge in [-0.2, -0.15) is 0 Å². The number of carboxylic acid groups (broad SMARTS) is 1. The lowest BCUT2D eigenvalue weighted by Crippen LogP contribution is -2.73. The number of nitrogens with one attached hydrogen (secondary N) is 4. The first-order chi connectivity index (χ1) is 36.4. The number of ether oxygens (including phenoxy) is 2. The van der Waals surface area contributed by atoms with Gasteiger partial charge in [0.25, 0.3) is 0 Å². The topological polar surface area (TPSA) is 342 Å². The number of fused-ring (bicyclic) bond motifs is 7. The van der Waals surface area contributed by atoms with E-state index >= 15 is 4.79 Å². The fourth-order valence-corrected chi connectivity index (χ4v) is 19.4. The van der Waals surface area contributed by atoms with Gasteiger partial charge in [-0.05, 0) is 135 Å². The average molecular weight is 1080 g/mol. The van der Waals surface area contributed by atoms with Gasteiger partial charge in [0, 0.05) is 60.2 Å². The molecule has 6 aliphatic carbocycles. The Morgan fingerprint density at radius 3 is 2.26 bits per heavy atom. The molecule has 20 nitrogen and oxygen atoms in total. The molecular formula is C57H89N7O13. The van der Waals surface area contributed by atoms with Crippen molar-refractivity contribution in [3.8, 4) is 0 Å². The van der Waals surface area contributed by atoms with Gasteiger partial charge in [0.05, 0.1) is 49.6 Å². The Labute approximate surface area is 451 Å². The molecule has 2 saturated heterocycles. The van der Waals surface area contributed by atoms with Crippen molar-refractivity contribution in [3.05, 3.63) is 48.1 Å². The minimum atomic E-state index is -1.68. The molecule has 1 spiro atoms. The molecule has 20 heteroatoms. The summed E-state index contributed by atoms with van der Waals surface area (Å²) in [4.78, 5) is 44.6. The number of carbonyl (C=O) groups is 2. The zero-order valence-corrected chi connectivity index (χ0v) is 45.9. The lowest BCUT2D eigenvalue weighted by molar-refractivity contribution is -0.341. The highest BCUT2D eigenvalue weighted by Crippen LogP contribution is 2.79. The molecule has 1 amide bonds. The Bertz CT molecular complexity index is 2460. The summed E-state index contributed by atoms with van der Waals surface area (Å²) in [6, 6.07) is -0.510. The van der Waals surface area contributed by atoms with Crippen LogP contribution in [0, 0.1) is 79.3 Å². The van der Waals surface area contributed by atoms with E-state index in [1.807, 2.05) is 13.8 Å². The van der Waals surface area contributed by atoms with Gasteiger partial charge in [0.15, 0.2) is 6.29 Å². The third-order valence-electron chi connectivity index (χ3n) is 23.6. The summed E-state index contributed by atoms with van der Waals surface area (Å²) in [6.07, 6.45) is 4.34. The summed E-state index contributed by atoms with van der Waals surface area (Å²) in [6.45, 7) is 10.2. The van der Waals surface area contributed by atoms with Gasteiger partial charge < -0.3 is 81.8 Å². The molecule has 8 aliphatic rings. The van der Waals surface area contributed by atoms with Crippen molar-refractivity contribution in [3.63, 3.8) is 0 Å². The molecule has 2 aliphatic heterocycles. The summed E-state index contributed by atoms with van der Waals surface area (Å²) in [5.74, 6) is -4.51. The van der Waals surface area contributed by atoms with Crippen LogP contribution in [-0.4, -0.2) is 166 Å². The van der Waals surface area contributed by atoms with Gasteiger partial charge in [-0.25, -0.2) is 9.97 Å². The van der Waals surface area contributed by atoms with Crippen molar-refractivity contribution >= 4 is 11.9 Å². The zero-order chi connectivity index (χ0) is 55.4. The fourth-order valence-electron chi connectivity index (χ4n) is 19.4. The van der Waals surface area contributed by atoms with Gasteiger partial charge in [-0.15, -0.1) is 0 Å². The van der Waals surface area contributed by atoms with E-state index in [0.717, 1.165) is 29.8 Å². The second-order valence-corrected chi connectivity index (χ2v) is 26.9. The number of carbonyl (C=O) groups excluding carboxylic acids is 1. The highest BCUT2D eigenvalue weighted by molar-refractivity contribution is 5.86. The highest BCUT2D eigenvalue weighted by atomic mass is 16.7. The summed E-state index contributed by atoms with van der Waals surface area (Å²) in [5.41, 5.74) is 2.40. The molecule has 10 rings (SSSR count). The van der Waals surface area contributed by atoms with Crippen LogP contribution in [0.4, 0.5) is 0 Å². The smallest absolute Gasteiger partial charge is 0.312 e. The van der Waals surface area contributed by atoms with E-state index in [1.165, 1.54) is 0 Å². The van der Waals surface area contributed by atoms with Gasteiger partial charge in [0.2, 0.25) is 5.91 Å². The van der Waals surface area contributed by atoms with Gasteiger partial charge >= 0.3 is 5.97 Å². The normalized spacial score (nSPS) is 46.5. The largest absolute Gasteiger partial charge is 0.481 e. The van der Waals surface area contributed by atoms with Crippen molar-refractivity contribution < 1.29 is 65.0 Å². The minimum absolute atomic E-state index is 0.0548. The number of amides is 1. The predicted molar refractivity (Wildman–Crippen MR) is 279 cm³/mol. The summed E-state index contributed by atoms with van der Waals surface area (Å²) in [5, 5.41) is 111. The molecule has 77 heavy (non-hydrogen) atoms. The van der Waals surface area contributed by atoms with Crippen LogP contribution in [0.1, 0.15) is 129 Å². The molecule has 15 N–H and O–H groups in total. The predicted octanol–water partition coefficient (Wildman–Crippen LogP) is 2.08. The van der Waals surface area contributed by atoms with E-state index in [1.54, 1.807) is 32.1 Å². The molecule has 4 heterocycles. The van der Waals surface area contributed by atoms with E-state index in [2.05, 4.69) is 57.4 Å². The highest BCUT2D eigenvalue weighted by Gasteiger charge is 2.76. The number of aromatic amines is 2. The maximum absolute atomic E-state index is 15.1. The standard InChI is InChI=1S/C57H89N7O13/c1-51(25-65)19-36-33-9-10-40-53(3,55(33,5)30(16-31-22-60-27-62-31)18-57(36,50(74)75)41(68)20-51)14-11-39-52(2,26-66)46(77-48-45(71)44(70)38(67)24-76-48)43(69)35(54(39,40)4)17-34-42(64-49(73)56(34)12-7-8-13-56)32(37-23-61-28-63-37)15-29(21-59-6)47(58)72/h9,22-23,27-30,32,34-36,38-48,59,65-72H,7-8,10-21,24-26,58H2,1-6H3,(H,60,62)(H,61,63)(H,64,73)(H,74,75)/t29-,30+,32-,34-,35+,36-,38+,39+,40-,41+,42-,43+,44-,45+,46+,47-,48-,51+,52-,53+,54-,55+,57-/m0/s1. The van der Waals surface area contributed by atoms with Crippen LogP contribution in [-0.2, 0) is 25.5 Å². The Morgan fingerprint density at radius 1 is 0.922 bits per heavy atom. The number of nitrogens with two attached hydrogens (primary N) is 1. The monoisotopic (exact) mass is 1080 g/mol. The first-order valence-corrected chi connectivity index (χ1v) is 28.6. The van der Waals surface area contributed by atoms with Crippen LogP contribution in [0.2, 0.25) is 0 Å². The van der Waals surface area contributed by atoms with E-state index in [9.17, 15) is 50.8 Å². The number of carboxylic acids is 1. The van der Waals surface area contributed by atoms with E-state index in [-0.39, 0.29) is 49.7 Å². The zero-order valence-electron chi connectivity index (χ0n) is 45.9. The average Bonchev–Trinajstić information content (AvgIpc) is 4.30. The van der Waals surface area contributed by atoms with E-state index in [4.69, 9.17) is 15.2 Å². The van der Waals surface area contributed by atoms with Crippen molar-refractivity contribution in [2.24, 2.45) is 85.1 Å². The quantitative estimate of drug-likeness (QED) is 0.0650. The molecule has 7 fully saturated rings. The molecule has 2 aromatic heterocycles. The summed E-state index contributed by atoms with van der Waals surface area (Å²) < 4.78 is 12.7. The molecule has 2 aromatic rings. The Kier molecular flexibility index (Phi) is 15.2. The van der Waals surface area contributed by atoms with Gasteiger partial charge in [-0.1, -0.05) is 59.1 Å². The van der Waals surface area contributed by atoms with Crippen LogP contribution in [0.15, 0.2) is 36.7 Å². The summed E-state index contributed by atoms with van der Waals surface area (Å²) >= 11 is 0. The molecule has 23 atom stereocenters. The molecular weight excluding hydrogens is 991 g/mol. The number of hydrogen-bond acceptors (Lipinski definition) is 16. The number of H-pyrrole nitrogens is 2. The van der Waals surface area contributed by atoms with Crippen LogP contribution in [0.25, 0.3) is 0 Å². The molecule has 430 valence electrons. The van der Waals surface area contributed by atoms with Crippen LogP contribution < -0.4 is 16.4 Å². The van der Waals surface area contributed by atoms with Crippen LogP contribution in [0.3, 0.4) is 0 Å². The number of aliphatic hydroxyl groups is 8. The number of allylic oxidation sites excluding steroid dienone is 2. The molecule has 0 bridgehead atoms. The fraction of sp³-hybridized carbons (Fsp3) is 0.825. The number of hydrogen-bond donors (Lipinski definition) is 14. The second-order valence-electron chi connectivity index (χ2n) is 26.9. The Morgan fingerprint density at radius 2 is 1.64 bits per heavy atom. The number of nitrogens with zero attached hydrogens (tertiary/aromatic N) is 2. The lowest BCUT2D eigenvalue weighted by Gasteiger charge is -2.75. The third kappa shape index (κ3) is 8.48. The van der Waals surface area contributed by atoms with E-state index in [0.29, 0.717) is 64.3 Å². The van der Waals surface area contributed by atoms with Gasteiger partial charge in [-0.3, -0.25) is 9.59 Å². The number of aliphatic hydroxyl groups excluding tert-OH is 8. The lowest BCUT2D eigenvalue weighted by atomic mass is 9.30. The molecule has 0 unspecified atom stereocenters. The van der Waals surface area contributed by atoms with Crippen molar-refractivity contribution in [1.29, 1.82) is 0 Å². The SMILES string of the molecule is CNC[C@H](C[C@@H](c1cnc[nH]1)[C@@H]1NC(=O)C2(CCCC2)[C@H]1C[C@@H]1[C@@H](O)[C@@H](O[C@@H]2OC[C@@H](O)[C@H](O)[C@H]2O)[C@@](C)(CO)[C@H]2CC[C@]3(C)[C@H](CC=C4[C@@H]5C[C@@](C)(CO)C[C@@H](O)[C@]5(C(=O)O)C[C@@H](Cc5cnc[nH]5)[C@]43C)[C@@]12C)[C@@H](N)O. The van der Waals surface area contributed by atoms with Gasteiger partial charge in [0.1, 0.15) is 30.0 Å². The van der Waals surface area contributed by atoms with Crippen LogP contribution in [0.5, 0.6) is 0 Å². The number of imidazole rings is 2. The molecule has 0 aromatic carbocycles. The second kappa shape index (κ2) is 20.6. The van der Waals surface area contributed by atoms with Crippen LogP contribution >= 0.6 is 0 Å². The third-order valence-corrected chi connectivity index (χ3v) is 23.6.